The van der Waals surface area contributed by atoms with Gasteiger partial charge in [0.25, 0.3) is 0 Å². The first-order valence-electron chi connectivity index (χ1n) is 45.6. The Kier molecular flexibility index (Phi) is 28.3. The molecule has 12 aromatic carbocycles. The zero-order valence-corrected chi connectivity index (χ0v) is 78.2. The minimum absolute atomic E-state index is 0.291. The number of aromatic nitrogens is 4. The molecule has 0 saturated carbocycles. The van der Waals surface area contributed by atoms with Crippen molar-refractivity contribution in [3.63, 3.8) is 0 Å². The van der Waals surface area contributed by atoms with Crippen LogP contribution < -0.4 is 61.6 Å². The first-order valence-corrected chi connectivity index (χ1v) is 45.6. The van der Waals surface area contributed by atoms with Crippen molar-refractivity contribution < 1.29 is 194 Å². The lowest BCUT2D eigenvalue weighted by atomic mass is 9.17. The number of halogens is 40. The molecular formula is C102H66B4F40N4. The van der Waals surface area contributed by atoms with Crippen LogP contribution in [0.15, 0.2) is 122 Å². The first kappa shape index (κ1) is 109. The molecule has 0 N–H and O–H groups in total. The molecule has 4 nitrogen and oxygen atoms in total. The number of hydrogen-bond donors (Lipinski definition) is 0. The Labute approximate surface area is 822 Å². The molecule has 0 unspecified atom stereocenters. The van der Waals surface area contributed by atoms with Gasteiger partial charge in [-0.15, -0.1) is 0 Å². The van der Waals surface area contributed by atoms with Crippen LogP contribution in [0.5, 0.6) is 0 Å². The largest absolute Gasteiger partial charge is 0.401 e. The predicted octanol–water partition coefficient (Wildman–Crippen LogP) is 22.9. The second-order valence-corrected chi connectivity index (χ2v) is 38.2. The third-order valence-electron chi connectivity index (χ3n) is 29.7. The second-order valence-electron chi connectivity index (χ2n) is 38.2. The van der Waals surface area contributed by atoms with Crippen molar-refractivity contribution in [2.45, 2.75) is 118 Å². The van der Waals surface area contributed by atoms with Gasteiger partial charge in [-0.2, -0.15) is 0 Å². The summed E-state index contributed by atoms with van der Waals surface area (Å²) in [5.74, 6) is -130. The highest BCUT2D eigenvalue weighted by molar-refractivity contribution is 6.99. The van der Waals surface area contributed by atoms with Gasteiger partial charge in [0, 0.05) is 22.3 Å². The SMILES string of the molecule is CC(C)[C@@H]1c2ccccc2-c2c[n+]3c(c[n+]2[B-]1(c1c(F)c(F)c(F)c(F)c1F)c1c(F)c(F)c(F)c(F)c1F)-c1ccccc1[C@@H](C(C)C)[B-]3(c1c(F)c(F)c(F)c(F)c1F)c1c(F)c(F)c(F)c(F)c1F.CC(C)[C@H]1c2ccccc2-c2c[n+]3c(c[n+]2[B-]1(c1c(F)c(F)c(F)c(F)c1F)c1c(F)c(F)c(F)c(F)c1F)-c1ccccc1[C@H](C(C)C)[B-]3(c1c(F)c(F)c(F)c(F)c1F)c1c(F)c(F)c(F)c(F)c1F.CCCCCC. The molecule has 4 aliphatic heterocycles. The molecule has 0 amide bonds. The summed E-state index contributed by atoms with van der Waals surface area (Å²) in [6.45, 7) is 13.6. The Hall–Kier alpha value is -13.7. The van der Waals surface area contributed by atoms with Crippen LogP contribution in [0.4, 0.5) is 176 Å². The fourth-order valence-electron chi connectivity index (χ4n) is 24.4. The van der Waals surface area contributed by atoms with Gasteiger partial charge in [0.05, 0.1) is 0 Å². The van der Waals surface area contributed by atoms with E-state index in [1.165, 1.54) is 25.7 Å². The Morgan fingerprint density at radius 3 is 0.387 bits per heavy atom. The van der Waals surface area contributed by atoms with Crippen molar-refractivity contribution in [1.29, 1.82) is 0 Å². The van der Waals surface area contributed by atoms with Crippen LogP contribution in [0, 0.1) is 256 Å². The highest BCUT2D eigenvalue weighted by atomic mass is 19.2. The van der Waals surface area contributed by atoms with E-state index in [-0.39, 0.29) is 0 Å². The predicted molar refractivity (Wildman–Crippen MR) is 467 cm³/mol. The standard InChI is InChI=1S/2C48H26B2F20N2.C6H14/c2*1-15(2)23-19-11-7-5-9-17(19)21-14-72-22(13-71(21)49(23,25-29(51)37(59)45(67)38(60)30(25)52)26-31(53)39(61)46(68)40(62)32(26)54)18-10-6-8-12-20(18)24(16(3)4)50(72,27-33(55)41(63)47(69)42(64)34(27)56)28-35(57)43(65)48(70)44(66)36(28)58;1-3-5-6-4-2/h2*5-16,23-24H,1-4H3;3-6H2,1-2H3/t2*23-,24-;/m10./s1. The van der Waals surface area contributed by atoms with E-state index in [1.54, 1.807) is 0 Å². The van der Waals surface area contributed by atoms with Crippen molar-refractivity contribution in [3.05, 3.63) is 377 Å². The maximum absolute atomic E-state index is 17.0. The minimum atomic E-state index is -5.24. The molecule has 786 valence electrons. The molecule has 0 radical (unpaired) electrons. The summed E-state index contributed by atoms with van der Waals surface area (Å²) >= 11 is 0. The van der Waals surface area contributed by atoms with Gasteiger partial charge in [0.15, 0.2) is 164 Å². The van der Waals surface area contributed by atoms with E-state index < -0.39 is 416 Å². The fraction of sp³-hybridized carbons (Fsp3) is 0.216. The summed E-state index contributed by atoms with van der Waals surface area (Å²) < 4.78 is 647. The molecule has 0 saturated heterocycles. The van der Waals surface area contributed by atoms with Crippen LogP contribution in [0.2, 0.25) is 0 Å². The van der Waals surface area contributed by atoms with Crippen LogP contribution in [-0.2, 0) is 0 Å². The van der Waals surface area contributed by atoms with Gasteiger partial charge in [0.1, 0.15) is 93.1 Å². The summed E-state index contributed by atoms with van der Waals surface area (Å²) in [5, 5.41) is 0. The van der Waals surface area contributed by atoms with E-state index >= 15 is 176 Å². The molecule has 4 aliphatic rings. The van der Waals surface area contributed by atoms with Gasteiger partial charge in [-0.05, 0) is 24.3 Å². The van der Waals surface area contributed by atoms with Gasteiger partial charge >= 0.3 is 25.1 Å². The van der Waals surface area contributed by atoms with Crippen LogP contribution in [-0.4, -0.2) is 25.1 Å². The Bertz CT molecular complexity index is 6660. The van der Waals surface area contributed by atoms with Gasteiger partial charge in [-0.1, -0.05) is 281 Å². The van der Waals surface area contributed by atoms with Crippen LogP contribution in [0.3, 0.4) is 0 Å². The molecule has 0 fully saturated rings. The molecular weight excluding hydrogens is 2080 g/mol. The molecule has 18 rings (SSSR count). The molecule has 2 aromatic heterocycles. The van der Waals surface area contributed by atoms with Gasteiger partial charge in [0.2, 0.25) is 22.8 Å². The summed E-state index contributed by atoms with van der Waals surface area (Å²) in [4.78, 5) is 0. The van der Waals surface area contributed by atoms with E-state index in [2.05, 4.69) is 13.8 Å². The summed E-state index contributed by atoms with van der Waals surface area (Å²) in [6, 6.07) is 17.2. The number of rotatable bonds is 15. The second kappa shape index (κ2) is 38.9. The quantitative estimate of drug-likeness (QED) is 0.0320. The third-order valence-corrected chi connectivity index (χ3v) is 29.7. The molecule has 48 heteroatoms. The lowest BCUT2D eigenvalue weighted by molar-refractivity contribution is -0.591. The molecule has 4 atom stereocenters. The van der Waals surface area contributed by atoms with E-state index in [1.807, 2.05) is 0 Å². The number of benzene rings is 12. The number of unbranched alkanes of at least 4 members (excludes halogenated alkanes) is 3. The monoisotopic (exact) mass is 2150 g/mol. The first-order chi connectivity index (χ1) is 70.4. The normalized spacial score (nSPS) is 16.2. The lowest BCUT2D eigenvalue weighted by Gasteiger charge is -2.51. The highest BCUT2D eigenvalue weighted by Gasteiger charge is 2.69. The smallest absolute Gasteiger partial charge is 0.352 e. The van der Waals surface area contributed by atoms with Gasteiger partial charge < -0.3 is 17.9 Å². The Morgan fingerprint density at radius 1 is 0.173 bits per heavy atom. The number of fused-ring (bicyclic) bond motifs is 12. The van der Waals surface area contributed by atoms with E-state index in [4.69, 9.17) is 0 Å². The van der Waals surface area contributed by atoms with E-state index in [9.17, 15) is 0 Å². The van der Waals surface area contributed by atoms with Crippen LogP contribution >= 0.6 is 0 Å². The summed E-state index contributed by atoms with van der Waals surface area (Å²) in [6.07, 6.45) is -13.9. The molecule has 0 bridgehead atoms. The third kappa shape index (κ3) is 14.8. The van der Waals surface area contributed by atoms with Crippen molar-refractivity contribution in [3.8, 4) is 45.0 Å². The molecule has 0 aliphatic carbocycles. The molecule has 0 spiro atoms. The Morgan fingerprint density at radius 2 is 0.280 bits per heavy atom. The summed E-state index contributed by atoms with van der Waals surface area (Å²) in [7, 11) is 0. The number of nitrogens with zero attached hydrogens (tertiary/aromatic N) is 4. The van der Waals surface area contributed by atoms with E-state index in [0.29, 0.717) is 42.7 Å². The van der Waals surface area contributed by atoms with Gasteiger partial charge in [-0.25, -0.2) is 176 Å². The topological polar surface area (TPSA) is 15.5 Å². The van der Waals surface area contributed by atoms with Crippen LogP contribution in [0.1, 0.15) is 140 Å². The average Bonchev–Trinajstić information content (AvgIpc) is 0.661. The lowest BCUT2D eigenvalue weighted by Crippen LogP contribution is -2.89. The van der Waals surface area contributed by atoms with Crippen molar-refractivity contribution in [1.82, 2.24) is 0 Å². The van der Waals surface area contributed by atoms with Crippen LogP contribution in [0.25, 0.3) is 45.0 Å². The summed E-state index contributed by atoms with van der Waals surface area (Å²) in [5.41, 5.74) is -26.0. The maximum Gasteiger partial charge on any atom is 0.352 e. The molecule has 14 aromatic rings. The zero-order valence-electron chi connectivity index (χ0n) is 78.2. The minimum Gasteiger partial charge on any atom is -0.401 e. The zero-order chi connectivity index (χ0) is 111. The van der Waals surface area contributed by atoms with Crippen molar-refractivity contribution in [2.75, 3.05) is 0 Å². The number of hydrogen-bond acceptors (Lipinski definition) is 0. The van der Waals surface area contributed by atoms with Crippen molar-refractivity contribution in [2.24, 2.45) is 23.7 Å². The van der Waals surface area contributed by atoms with E-state index in [0.717, 1.165) is 152 Å². The molecule has 6 heterocycles. The molecule has 150 heavy (non-hydrogen) atoms. The average molecular weight is 2150 g/mol. The highest BCUT2D eigenvalue weighted by Crippen LogP contribution is 2.53. The fourth-order valence-corrected chi connectivity index (χ4v) is 24.4. The Balaban J connectivity index is 0.000000202. The van der Waals surface area contributed by atoms with Crippen molar-refractivity contribution >= 4 is 68.8 Å². The maximum atomic E-state index is 17.0. The van der Waals surface area contributed by atoms with Gasteiger partial charge in [-0.3, -0.25) is 0 Å².